The molecule has 1 N–H and O–H groups in total. The summed E-state index contributed by atoms with van der Waals surface area (Å²) in [6.45, 7) is 4.22. The fourth-order valence-electron chi connectivity index (χ4n) is 1.96. The molecular weight excluding hydrogens is 252 g/mol. The van der Waals surface area contributed by atoms with E-state index in [0.717, 1.165) is 5.56 Å². The number of aromatic nitrogens is 1. The van der Waals surface area contributed by atoms with Gasteiger partial charge < -0.3 is 9.84 Å². The number of aromatic hydroxyl groups is 1. The van der Waals surface area contributed by atoms with Crippen LogP contribution in [0.1, 0.15) is 30.9 Å². The Kier molecular flexibility index (Phi) is 3.90. The minimum absolute atomic E-state index is 0.117. The number of pyridine rings is 1. The van der Waals surface area contributed by atoms with Gasteiger partial charge in [0.25, 0.3) is 0 Å². The van der Waals surface area contributed by atoms with Crippen molar-refractivity contribution < 1.29 is 9.84 Å². The first-order chi connectivity index (χ1) is 9.56. The summed E-state index contributed by atoms with van der Waals surface area (Å²) in [6, 6.07) is 9.41. The second kappa shape index (κ2) is 5.62. The highest BCUT2D eigenvalue weighted by molar-refractivity contribution is 5.69. The number of hydrogen-bond acceptors (Lipinski definition) is 4. The average molecular weight is 268 g/mol. The smallest absolute Gasteiger partial charge is 0.151 e. The molecule has 0 fully saturated rings. The molecule has 0 saturated carbocycles. The number of hydrogen-bond donors (Lipinski definition) is 1. The van der Waals surface area contributed by atoms with Crippen molar-refractivity contribution in [3.63, 3.8) is 0 Å². The van der Waals surface area contributed by atoms with Gasteiger partial charge in [-0.25, -0.2) is 0 Å². The quantitative estimate of drug-likeness (QED) is 0.925. The van der Waals surface area contributed by atoms with Crippen molar-refractivity contribution in [3.8, 4) is 28.8 Å². The molecule has 0 aliphatic heterocycles. The van der Waals surface area contributed by atoms with Gasteiger partial charge in [0.1, 0.15) is 11.8 Å². The van der Waals surface area contributed by atoms with Crippen LogP contribution in [0.25, 0.3) is 11.3 Å². The summed E-state index contributed by atoms with van der Waals surface area (Å²) in [5, 5.41) is 18.5. The van der Waals surface area contributed by atoms with Crippen LogP contribution in [0.4, 0.5) is 0 Å². The zero-order chi connectivity index (χ0) is 14.7. The maximum atomic E-state index is 9.51. The minimum Gasteiger partial charge on any atom is -0.505 e. The average Bonchev–Trinajstić information content (AvgIpc) is 2.47. The van der Waals surface area contributed by atoms with Crippen LogP contribution in [0, 0.1) is 11.3 Å². The first-order valence-corrected chi connectivity index (χ1v) is 6.34. The molecule has 0 spiro atoms. The van der Waals surface area contributed by atoms with Gasteiger partial charge in [-0.2, -0.15) is 5.26 Å². The molecule has 0 atom stereocenters. The third-order valence-electron chi connectivity index (χ3n) is 3.17. The number of nitrogens with zero attached hydrogens (tertiary/aromatic N) is 2. The zero-order valence-electron chi connectivity index (χ0n) is 11.7. The molecule has 1 heterocycles. The van der Waals surface area contributed by atoms with Gasteiger partial charge in [-0.05, 0) is 29.7 Å². The topological polar surface area (TPSA) is 66.1 Å². The fraction of sp³-hybridized carbons (Fsp3) is 0.250. The summed E-state index contributed by atoms with van der Waals surface area (Å²) < 4.78 is 5.41. The second-order valence-corrected chi connectivity index (χ2v) is 4.81. The number of rotatable bonds is 3. The lowest BCUT2D eigenvalue weighted by Gasteiger charge is -2.12. The molecule has 0 amide bonds. The molecule has 4 heteroatoms. The van der Waals surface area contributed by atoms with Crippen molar-refractivity contribution in [2.24, 2.45) is 0 Å². The van der Waals surface area contributed by atoms with Crippen LogP contribution in [-0.2, 0) is 0 Å². The number of ether oxygens (including phenoxy) is 1. The van der Waals surface area contributed by atoms with E-state index in [1.807, 2.05) is 24.3 Å². The maximum Gasteiger partial charge on any atom is 0.151 e. The van der Waals surface area contributed by atoms with E-state index in [-0.39, 0.29) is 11.3 Å². The lowest BCUT2D eigenvalue weighted by molar-refractivity contribution is 0.415. The first kappa shape index (κ1) is 13.9. The zero-order valence-corrected chi connectivity index (χ0v) is 11.7. The highest BCUT2D eigenvalue weighted by Crippen LogP contribution is 2.33. The van der Waals surface area contributed by atoms with E-state index in [4.69, 9.17) is 10.00 Å². The highest BCUT2D eigenvalue weighted by atomic mass is 16.5. The Balaban J connectivity index is 2.55. The van der Waals surface area contributed by atoms with E-state index in [1.165, 1.54) is 11.8 Å². The minimum atomic E-state index is -0.117. The van der Waals surface area contributed by atoms with Crippen LogP contribution in [-0.4, -0.2) is 17.2 Å². The Morgan fingerprint density at radius 2 is 2.05 bits per heavy atom. The number of nitriles is 1. The first-order valence-electron chi connectivity index (χ1n) is 6.34. The Labute approximate surface area is 118 Å². The van der Waals surface area contributed by atoms with Crippen LogP contribution < -0.4 is 4.74 Å². The standard InChI is InChI=1S/C16H16N2O2/c1-10(2)11-4-5-13(16(7-11)20-3)14-6-12(8-17)15(19)9-18-14/h4-7,9-10,19H,1-3H3. The second-order valence-electron chi connectivity index (χ2n) is 4.81. The van der Waals surface area contributed by atoms with E-state index in [9.17, 15) is 5.11 Å². The molecule has 2 aromatic rings. The van der Waals surface area contributed by atoms with Crippen molar-refractivity contribution >= 4 is 0 Å². The highest BCUT2D eigenvalue weighted by Gasteiger charge is 2.12. The number of methoxy groups -OCH3 is 1. The largest absolute Gasteiger partial charge is 0.505 e. The molecule has 102 valence electrons. The van der Waals surface area contributed by atoms with E-state index in [1.54, 1.807) is 13.2 Å². The molecule has 2 rings (SSSR count). The van der Waals surface area contributed by atoms with Gasteiger partial charge in [-0.15, -0.1) is 0 Å². The monoisotopic (exact) mass is 268 g/mol. The van der Waals surface area contributed by atoms with Crippen molar-refractivity contribution in [2.45, 2.75) is 19.8 Å². The molecule has 4 nitrogen and oxygen atoms in total. The van der Waals surface area contributed by atoms with Crippen LogP contribution in [0.2, 0.25) is 0 Å². The summed E-state index contributed by atoms with van der Waals surface area (Å²) in [5.41, 5.74) is 2.77. The summed E-state index contributed by atoms with van der Waals surface area (Å²) in [6.07, 6.45) is 1.28. The summed E-state index contributed by atoms with van der Waals surface area (Å²) in [4.78, 5) is 4.16. The van der Waals surface area contributed by atoms with Crippen LogP contribution in [0.15, 0.2) is 30.5 Å². The lowest BCUT2D eigenvalue weighted by atomic mass is 9.99. The summed E-state index contributed by atoms with van der Waals surface area (Å²) in [7, 11) is 1.61. The van der Waals surface area contributed by atoms with E-state index < -0.39 is 0 Å². The summed E-state index contributed by atoms with van der Waals surface area (Å²) in [5.74, 6) is 0.993. The molecule has 0 aliphatic carbocycles. The molecule has 0 saturated heterocycles. The van der Waals surface area contributed by atoms with Gasteiger partial charge in [-0.3, -0.25) is 4.98 Å². The van der Waals surface area contributed by atoms with Crippen LogP contribution in [0.3, 0.4) is 0 Å². The third-order valence-corrected chi connectivity index (χ3v) is 3.17. The molecule has 0 radical (unpaired) electrons. The molecule has 0 aliphatic rings. The van der Waals surface area contributed by atoms with Gasteiger partial charge in [0.15, 0.2) is 5.75 Å². The van der Waals surface area contributed by atoms with E-state index in [0.29, 0.717) is 17.4 Å². The Morgan fingerprint density at radius 1 is 1.30 bits per heavy atom. The molecule has 1 aromatic carbocycles. The third kappa shape index (κ3) is 2.57. The van der Waals surface area contributed by atoms with Gasteiger partial charge in [0.2, 0.25) is 0 Å². The Morgan fingerprint density at radius 3 is 2.65 bits per heavy atom. The predicted octanol–water partition coefficient (Wildman–Crippen LogP) is 3.46. The maximum absolute atomic E-state index is 9.51. The van der Waals surface area contributed by atoms with Crippen molar-refractivity contribution in [3.05, 3.63) is 41.6 Å². The van der Waals surface area contributed by atoms with Crippen LogP contribution in [0.5, 0.6) is 11.5 Å². The van der Waals surface area contributed by atoms with E-state index >= 15 is 0 Å². The molecule has 0 unspecified atom stereocenters. The van der Waals surface area contributed by atoms with Crippen LogP contribution >= 0.6 is 0 Å². The van der Waals surface area contributed by atoms with Gasteiger partial charge >= 0.3 is 0 Å². The SMILES string of the molecule is COc1cc(C(C)C)ccc1-c1cc(C#N)c(O)cn1. The normalized spacial score (nSPS) is 10.3. The molecular formula is C16H16N2O2. The van der Waals surface area contributed by atoms with Gasteiger partial charge in [-0.1, -0.05) is 19.9 Å². The molecule has 20 heavy (non-hydrogen) atoms. The predicted molar refractivity (Wildman–Crippen MR) is 76.7 cm³/mol. The fourth-order valence-corrected chi connectivity index (χ4v) is 1.96. The van der Waals surface area contributed by atoms with Crippen molar-refractivity contribution in [2.75, 3.05) is 7.11 Å². The Bertz CT molecular complexity index is 673. The van der Waals surface area contributed by atoms with Crippen molar-refractivity contribution in [1.29, 1.82) is 5.26 Å². The van der Waals surface area contributed by atoms with Crippen molar-refractivity contribution in [1.82, 2.24) is 4.98 Å². The van der Waals surface area contributed by atoms with Gasteiger partial charge in [0.05, 0.1) is 24.6 Å². The lowest BCUT2D eigenvalue weighted by Crippen LogP contribution is -1.94. The summed E-state index contributed by atoms with van der Waals surface area (Å²) >= 11 is 0. The van der Waals surface area contributed by atoms with Gasteiger partial charge in [0, 0.05) is 5.56 Å². The molecule has 0 bridgehead atoms. The van der Waals surface area contributed by atoms with E-state index in [2.05, 4.69) is 18.8 Å². The molecule has 1 aromatic heterocycles. The Hall–Kier alpha value is -2.54. The number of benzene rings is 1.